The molecule has 0 heterocycles. The molecule has 4 aliphatic rings. The van der Waals surface area contributed by atoms with Crippen molar-refractivity contribution in [3.63, 3.8) is 0 Å². The van der Waals surface area contributed by atoms with Gasteiger partial charge in [-0.25, -0.2) is 0 Å². The molecule has 0 aromatic heterocycles. The minimum absolute atomic E-state index is 0.230. The van der Waals surface area contributed by atoms with Crippen LogP contribution in [-0.2, 0) is 4.79 Å². The second-order valence-corrected chi connectivity index (χ2v) is 7.71. The summed E-state index contributed by atoms with van der Waals surface area (Å²) in [6.07, 6.45) is 9.94. The van der Waals surface area contributed by atoms with Crippen molar-refractivity contribution in [3.05, 3.63) is 0 Å². The van der Waals surface area contributed by atoms with Crippen molar-refractivity contribution in [1.29, 1.82) is 0 Å². The van der Waals surface area contributed by atoms with Crippen molar-refractivity contribution in [2.75, 3.05) is 6.61 Å². The van der Waals surface area contributed by atoms with Crippen molar-refractivity contribution < 1.29 is 9.90 Å². The minimum Gasteiger partial charge on any atom is -0.396 e. The maximum Gasteiger partial charge on any atom is 0.223 e. The topological polar surface area (TPSA) is 49.3 Å². The van der Waals surface area contributed by atoms with Gasteiger partial charge in [0.25, 0.3) is 0 Å². The van der Waals surface area contributed by atoms with Gasteiger partial charge in [0.2, 0.25) is 5.91 Å². The SMILES string of the molecule is O=C(N[C@@H]1CCCCC[C@@H]1CO)C1[C@@H]2[C@H]3CC[C@@H](C3)[C@H]12. The Morgan fingerprint density at radius 3 is 2.40 bits per heavy atom. The van der Waals surface area contributed by atoms with Crippen molar-refractivity contribution in [2.24, 2.45) is 35.5 Å². The Kier molecular flexibility index (Phi) is 3.29. The second-order valence-electron chi connectivity index (χ2n) is 7.71. The standard InChI is InChI=1S/C17H27NO2/c19-9-12-4-2-1-3-5-13(12)18-17(20)16-14-10-6-7-11(8-10)15(14)16/h10-16,19H,1-9H2,(H,18,20)/t10-,11-,12+,13+,14-,15+,16?/m0/s1. The molecule has 4 fully saturated rings. The van der Waals surface area contributed by atoms with Crippen LogP contribution >= 0.6 is 0 Å². The molecule has 0 aliphatic heterocycles. The molecule has 0 radical (unpaired) electrons. The number of rotatable bonds is 3. The Bertz CT molecular complexity index is 380. The maximum absolute atomic E-state index is 12.6. The summed E-state index contributed by atoms with van der Waals surface area (Å²) in [5.74, 6) is 4.13. The average Bonchev–Trinajstić information content (AvgIpc) is 3.01. The predicted molar refractivity (Wildman–Crippen MR) is 76.9 cm³/mol. The van der Waals surface area contributed by atoms with Gasteiger partial charge in [-0.2, -0.15) is 0 Å². The summed E-state index contributed by atoms with van der Waals surface area (Å²) in [4.78, 5) is 12.6. The number of hydrogen-bond acceptors (Lipinski definition) is 2. The highest BCUT2D eigenvalue weighted by molar-refractivity contribution is 5.83. The molecule has 0 aromatic rings. The smallest absolute Gasteiger partial charge is 0.223 e. The summed E-state index contributed by atoms with van der Waals surface area (Å²) in [6.45, 7) is 0.230. The van der Waals surface area contributed by atoms with Crippen LogP contribution in [0.25, 0.3) is 0 Å². The van der Waals surface area contributed by atoms with Gasteiger partial charge >= 0.3 is 0 Å². The van der Waals surface area contributed by atoms with Crippen molar-refractivity contribution >= 4 is 5.91 Å². The molecule has 1 unspecified atom stereocenters. The van der Waals surface area contributed by atoms with Crippen LogP contribution < -0.4 is 5.32 Å². The summed E-state index contributed by atoms with van der Waals surface area (Å²) in [6, 6.07) is 0.231. The zero-order chi connectivity index (χ0) is 13.7. The Labute approximate surface area is 121 Å². The van der Waals surface area contributed by atoms with E-state index in [1.807, 2.05) is 0 Å². The van der Waals surface area contributed by atoms with E-state index < -0.39 is 0 Å². The molecule has 4 rings (SSSR count). The van der Waals surface area contributed by atoms with Crippen LogP contribution in [0.1, 0.15) is 51.4 Å². The summed E-state index contributed by atoms with van der Waals surface area (Å²) >= 11 is 0. The van der Waals surface area contributed by atoms with Gasteiger partial charge in [-0.3, -0.25) is 4.79 Å². The van der Waals surface area contributed by atoms with E-state index in [1.54, 1.807) is 0 Å². The van der Waals surface area contributed by atoms with Gasteiger partial charge in [-0.15, -0.1) is 0 Å². The average molecular weight is 277 g/mol. The molecule has 7 atom stereocenters. The van der Waals surface area contributed by atoms with E-state index in [9.17, 15) is 9.90 Å². The van der Waals surface area contributed by atoms with Gasteiger partial charge in [0.15, 0.2) is 0 Å². The van der Waals surface area contributed by atoms with Crippen LogP contribution in [0, 0.1) is 35.5 Å². The molecule has 3 heteroatoms. The van der Waals surface area contributed by atoms with Crippen LogP contribution in [0.2, 0.25) is 0 Å². The highest BCUT2D eigenvalue weighted by Crippen LogP contribution is 2.69. The lowest BCUT2D eigenvalue weighted by atomic mass is 9.94. The monoisotopic (exact) mass is 277 g/mol. The van der Waals surface area contributed by atoms with Crippen molar-refractivity contribution in [2.45, 2.75) is 57.4 Å². The van der Waals surface area contributed by atoms with Crippen LogP contribution in [0.5, 0.6) is 0 Å². The van der Waals surface area contributed by atoms with E-state index in [1.165, 1.54) is 38.5 Å². The predicted octanol–water partition coefficient (Wildman–Crippen LogP) is 2.34. The molecular weight excluding hydrogens is 250 g/mol. The first kappa shape index (κ1) is 13.1. The number of carbonyl (C=O) groups is 1. The number of nitrogens with one attached hydrogen (secondary N) is 1. The van der Waals surface area contributed by atoms with E-state index in [4.69, 9.17) is 0 Å². The fourth-order valence-corrected chi connectivity index (χ4v) is 5.75. The third kappa shape index (κ3) is 2.01. The van der Waals surface area contributed by atoms with E-state index in [2.05, 4.69) is 5.32 Å². The lowest BCUT2D eigenvalue weighted by molar-refractivity contribution is -0.124. The highest BCUT2D eigenvalue weighted by atomic mass is 16.3. The highest BCUT2D eigenvalue weighted by Gasteiger charge is 2.67. The minimum atomic E-state index is 0.230. The molecule has 3 nitrogen and oxygen atoms in total. The molecule has 20 heavy (non-hydrogen) atoms. The van der Waals surface area contributed by atoms with Gasteiger partial charge in [0.05, 0.1) is 0 Å². The normalized spacial score (nSPS) is 49.5. The summed E-state index contributed by atoms with van der Waals surface area (Å²) < 4.78 is 0. The molecule has 0 saturated heterocycles. The van der Waals surface area contributed by atoms with Crippen molar-refractivity contribution in [3.8, 4) is 0 Å². The van der Waals surface area contributed by atoms with E-state index in [0.717, 1.165) is 36.5 Å². The summed E-state index contributed by atoms with van der Waals surface area (Å²) in [7, 11) is 0. The molecule has 112 valence electrons. The van der Waals surface area contributed by atoms with Crippen LogP contribution in [0.15, 0.2) is 0 Å². The molecule has 4 saturated carbocycles. The zero-order valence-electron chi connectivity index (χ0n) is 12.3. The number of carbonyl (C=O) groups excluding carboxylic acids is 1. The Balaban J connectivity index is 1.38. The van der Waals surface area contributed by atoms with Gasteiger partial charge in [0.1, 0.15) is 0 Å². The molecule has 2 bridgehead atoms. The lowest BCUT2D eigenvalue weighted by Crippen LogP contribution is -2.42. The summed E-state index contributed by atoms with van der Waals surface area (Å²) in [5.41, 5.74) is 0. The lowest BCUT2D eigenvalue weighted by Gasteiger charge is -2.25. The molecule has 4 aliphatic carbocycles. The molecule has 0 aromatic carbocycles. The second kappa shape index (κ2) is 5.01. The molecule has 2 N–H and O–H groups in total. The third-order valence-electron chi connectivity index (χ3n) is 6.76. The number of fused-ring (bicyclic) bond motifs is 5. The molecule has 0 spiro atoms. The Morgan fingerprint density at radius 1 is 1.00 bits per heavy atom. The number of aliphatic hydroxyl groups is 1. The Hall–Kier alpha value is -0.570. The van der Waals surface area contributed by atoms with Gasteiger partial charge in [-0.05, 0) is 55.8 Å². The van der Waals surface area contributed by atoms with Crippen LogP contribution in [0.4, 0.5) is 0 Å². The fraction of sp³-hybridized carbons (Fsp3) is 0.941. The fourth-order valence-electron chi connectivity index (χ4n) is 5.75. The Morgan fingerprint density at radius 2 is 1.70 bits per heavy atom. The van der Waals surface area contributed by atoms with Gasteiger partial charge < -0.3 is 10.4 Å². The maximum atomic E-state index is 12.6. The zero-order valence-corrected chi connectivity index (χ0v) is 12.3. The number of hydrogen-bond donors (Lipinski definition) is 2. The summed E-state index contributed by atoms with van der Waals surface area (Å²) in [5, 5.41) is 12.9. The van der Waals surface area contributed by atoms with Gasteiger partial charge in [-0.1, -0.05) is 19.3 Å². The molecular formula is C17H27NO2. The first-order chi connectivity index (χ1) is 9.79. The molecule has 1 amide bonds. The largest absolute Gasteiger partial charge is 0.396 e. The van der Waals surface area contributed by atoms with Crippen LogP contribution in [-0.4, -0.2) is 23.7 Å². The van der Waals surface area contributed by atoms with Crippen molar-refractivity contribution in [1.82, 2.24) is 5.32 Å². The number of amides is 1. The number of aliphatic hydroxyl groups excluding tert-OH is 1. The first-order valence-corrected chi connectivity index (χ1v) is 8.71. The van der Waals surface area contributed by atoms with E-state index >= 15 is 0 Å². The third-order valence-corrected chi connectivity index (χ3v) is 6.76. The van der Waals surface area contributed by atoms with E-state index in [0.29, 0.717) is 11.8 Å². The first-order valence-electron chi connectivity index (χ1n) is 8.71. The quantitative estimate of drug-likeness (QED) is 0.778. The van der Waals surface area contributed by atoms with Crippen LogP contribution in [0.3, 0.4) is 0 Å². The van der Waals surface area contributed by atoms with Gasteiger partial charge in [0, 0.05) is 24.5 Å². The van der Waals surface area contributed by atoms with E-state index in [-0.39, 0.29) is 18.6 Å².